The lowest BCUT2D eigenvalue weighted by molar-refractivity contribution is 0.0303. The van der Waals surface area contributed by atoms with Crippen LogP contribution in [0.25, 0.3) is 22.2 Å². The highest BCUT2D eigenvalue weighted by molar-refractivity contribution is 5.97. The molecule has 4 rings (SSSR count). The van der Waals surface area contributed by atoms with Crippen molar-refractivity contribution in [1.82, 2.24) is 9.47 Å². The lowest BCUT2D eigenvalue weighted by Crippen LogP contribution is -2.40. The fourth-order valence-electron chi connectivity index (χ4n) is 4.05. The first-order chi connectivity index (χ1) is 14.7. The maximum Gasteiger partial charge on any atom is 0.254 e. The van der Waals surface area contributed by atoms with Gasteiger partial charge in [0.05, 0.1) is 36.6 Å². The molecule has 6 nitrogen and oxygen atoms in total. The van der Waals surface area contributed by atoms with E-state index in [2.05, 4.69) is 17.6 Å². The summed E-state index contributed by atoms with van der Waals surface area (Å²) in [6, 6.07) is 15.8. The molecule has 0 spiro atoms. The predicted molar refractivity (Wildman–Crippen MR) is 116 cm³/mol. The number of nitriles is 1. The van der Waals surface area contributed by atoms with Gasteiger partial charge in [-0.25, -0.2) is 0 Å². The molecule has 1 aromatic heterocycles. The number of fused-ring (bicyclic) bond motifs is 1. The van der Waals surface area contributed by atoms with Crippen molar-refractivity contribution < 1.29 is 14.3 Å². The summed E-state index contributed by atoms with van der Waals surface area (Å²) in [6.07, 6.45) is 0. The number of rotatable bonds is 5. The van der Waals surface area contributed by atoms with E-state index in [9.17, 15) is 10.1 Å². The molecular formula is C24H25N3O3. The fourth-order valence-corrected chi connectivity index (χ4v) is 4.05. The van der Waals surface area contributed by atoms with Crippen molar-refractivity contribution in [2.45, 2.75) is 20.4 Å². The molecule has 154 valence electrons. The number of ether oxygens (including phenoxy) is 2. The second-order valence-corrected chi connectivity index (χ2v) is 7.17. The van der Waals surface area contributed by atoms with Crippen LogP contribution in [0, 0.1) is 11.3 Å². The van der Waals surface area contributed by atoms with Gasteiger partial charge in [0.15, 0.2) is 0 Å². The zero-order chi connectivity index (χ0) is 21.1. The molecule has 0 saturated carbocycles. The highest BCUT2D eigenvalue weighted by Crippen LogP contribution is 2.35. The summed E-state index contributed by atoms with van der Waals surface area (Å²) in [5.41, 5.74) is 4.05. The minimum Gasteiger partial charge on any atom is -0.494 e. The van der Waals surface area contributed by atoms with E-state index in [0.717, 1.165) is 34.5 Å². The first-order valence-corrected chi connectivity index (χ1v) is 10.3. The zero-order valence-electron chi connectivity index (χ0n) is 17.4. The number of aromatic nitrogens is 1. The van der Waals surface area contributed by atoms with E-state index in [0.29, 0.717) is 44.0 Å². The van der Waals surface area contributed by atoms with Gasteiger partial charge in [-0.3, -0.25) is 4.79 Å². The van der Waals surface area contributed by atoms with Crippen LogP contribution in [0.2, 0.25) is 0 Å². The summed E-state index contributed by atoms with van der Waals surface area (Å²) in [5.74, 6) is 0.808. The number of nitrogens with zero attached hydrogens (tertiary/aromatic N) is 3. The Hall–Kier alpha value is -3.30. The normalized spacial score (nSPS) is 14.0. The molecule has 0 unspecified atom stereocenters. The monoisotopic (exact) mass is 403 g/mol. The molecule has 2 aromatic carbocycles. The molecule has 0 bridgehead atoms. The summed E-state index contributed by atoms with van der Waals surface area (Å²) >= 11 is 0. The number of benzene rings is 2. The minimum absolute atomic E-state index is 0.0164. The Morgan fingerprint density at radius 3 is 2.50 bits per heavy atom. The minimum atomic E-state index is 0.0164. The number of amides is 1. The third-order valence-electron chi connectivity index (χ3n) is 5.48. The van der Waals surface area contributed by atoms with Gasteiger partial charge < -0.3 is 18.9 Å². The van der Waals surface area contributed by atoms with E-state index in [1.54, 1.807) is 0 Å². The van der Waals surface area contributed by atoms with Gasteiger partial charge in [0.1, 0.15) is 11.8 Å². The van der Waals surface area contributed by atoms with Gasteiger partial charge in [-0.05, 0) is 43.7 Å². The maximum atomic E-state index is 12.7. The van der Waals surface area contributed by atoms with Crippen LogP contribution in [0.3, 0.4) is 0 Å². The van der Waals surface area contributed by atoms with E-state index in [4.69, 9.17) is 9.47 Å². The summed E-state index contributed by atoms with van der Waals surface area (Å²) in [5, 5.41) is 10.8. The van der Waals surface area contributed by atoms with E-state index in [-0.39, 0.29) is 5.91 Å². The number of aryl methyl sites for hydroxylation is 1. The Labute approximate surface area is 176 Å². The molecule has 6 heteroatoms. The van der Waals surface area contributed by atoms with Gasteiger partial charge in [-0.15, -0.1) is 0 Å². The topological polar surface area (TPSA) is 67.5 Å². The van der Waals surface area contributed by atoms with Gasteiger partial charge >= 0.3 is 0 Å². The van der Waals surface area contributed by atoms with Crippen molar-refractivity contribution in [3.05, 3.63) is 53.6 Å². The fraction of sp³-hybridized carbons (Fsp3) is 0.333. The zero-order valence-corrected chi connectivity index (χ0v) is 17.4. The average Bonchev–Trinajstić information content (AvgIpc) is 3.12. The van der Waals surface area contributed by atoms with Gasteiger partial charge in [-0.1, -0.05) is 12.1 Å². The molecule has 30 heavy (non-hydrogen) atoms. The van der Waals surface area contributed by atoms with Crippen molar-refractivity contribution in [1.29, 1.82) is 5.26 Å². The first kappa shape index (κ1) is 20.0. The molecule has 3 aromatic rings. The molecule has 1 amide bonds. The summed E-state index contributed by atoms with van der Waals surface area (Å²) in [6.45, 7) is 7.72. The van der Waals surface area contributed by atoms with Crippen LogP contribution in [0.5, 0.6) is 5.75 Å². The highest BCUT2D eigenvalue weighted by Gasteiger charge is 2.21. The third kappa shape index (κ3) is 3.53. The summed E-state index contributed by atoms with van der Waals surface area (Å²) < 4.78 is 13.1. The lowest BCUT2D eigenvalue weighted by Gasteiger charge is -2.26. The van der Waals surface area contributed by atoms with Crippen LogP contribution in [0.1, 0.15) is 29.8 Å². The van der Waals surface area contributed by atoms with Crippen LogP contribution in [0.15, 0.2) is 42.5 Å². The Kier molecular flexibility index (Phi) is 5.73. The molecule has 0 radical (unpaired) electrons. The van der Waals surface area contributed by atoms with Gasteiger partial charge in [-0.2, -0.15) is 5.26 Å². The molecule has 1 saturated heterocycles. The SMILES string of the molecule is CCOc1ccc2c(C#N)c(-c3ccc(C(=O)N4CCOCC4)cc3)n(CC)c2c1. The van der Waals surface area contributed by atoms with Crippen LogP contribution >= 0.6 is 0 Å². The predicted octanol–water partition coefficient (Wildman–Crippen LogP) is 4.07. The van der Waals surface area contributed by atoms with Gasteiger partial charge in [0.25, 0.3) is 5.91 Å². The second-order valence-electron chi connectivity index (χ2n) is 7.17. The van der Waals surface area contributed by atoms with E-state index >= 15 is 0 Å². The Morgan fingerprint density at radius 1 is 1.13 bits per heavy atom. The molecule has 0 atom stereocenters. The summed E-state index contributed by atoms with van der Waals surface area (Å²) in [4.78, 5) is 14.5. The molecule has 0 aliphatic carbocycles. The Morgan fingerprint density at radius 2 is 1.87 bits per heavy atom. The van der Waals surface area contributed by atoms with E-state index < -0.39 is 0 Å². The van der Waals surface area contributed by atoms with Crippen LogP contribution in [-0.4, -0.2) is 48.3 Å². The quantitative estimate of drug-likeness (QED) is 0.644. The number of carbonyl (C=O) groups excluding carboxylic acids is 1. The van der Waals surface area contributed by atoms with Crippen LogP contribution in [0.4, 0.5) is 0 Å². The standard InChI is InChI=1S/C24H25N3O3/c1-3-27-22-15-19(30-4-2)9-10-20(22)21(16-25)23(27)17-5-7-18(8-6-17)24(28)26-11-13-29-14-12-26/h5-10,15H,3-4,11-14H2,1-2H3. The van der Waals surface area contributed by atoms with E-state index in [1.807, 2.05) is 54.3 Å². The third-order valence-corrected chi connectivity index (χ3v) is 5.48. The first-order valence-electron chi connectivity index (χ1n) is 10.3. The second kappa shape index (κ2) is 8.60. The Bertz CT molecular complexity index is 1100. The number of hydrogen-bond donors (Lipinski definition) is 0. The van der Waals surface area contributed by atoms with Crippen LogP contribution < -0.4 is 4.74 Å². The van der Waals surface area contributed by atoms with Crippen molar-refractivity contribution >= 4 is 16.8 Å². The van der Waals surface area contributed by atoms with Crippen molar-refractivity contribution in [2.75, 3.05) is 32.9 Å². The van der Waals surface area contributed by atoms with Crippen molar-refractivity contribution in [3.8, 4) is 23.1 Å². The van der Waals surface area contributed by atoms with Crippen molar-refractivity contribution in [2.24, 2.45) is 0 Å². The summed E-state index contributed by atoms with van der Waals surface area (Å²) in [7, 11) is 0. The molecule has 1 fully saturated rings. The highest BCUT2D eigenvalue weighted by atomic mass is 16.5. The number of hydrogen-bond acceptors (Lipinski definition) is 4. The number of morpholine rings is 1. The largest absolute Gasteiger partial charge is 0.494 e. The lowest BCUT2D eigenvalue weighted by atomic mass is 10.0. The molecular weight excluding hydrogens is 378 g/mol. The van der Waals surface area contributed by atoms with Crippen LogP contribution in [-0.2, 0) is 11.3 Å². The molecule has 2 heterocycles. The van der Waals surface area contributed by atoms with Gasteiger partial charge in [0.2, 0.25) is 0 Å². The molecule has 1 aliphatic heterocycles. The number of carbonyl (C=O) groups is 1. The Balaban J connectivity index is 1.75. The smallest absolute Gasteiger partial charge is 0.254 e. The molecule has 0 N–H and O–H groups in total. The van der Waals surface area contributed by atoms with Crippen molar-refractivity contribution in [3.63, 3.8) is 0 Å². The maximum absolute atomic E-state index is 12.7. The average molecular weight is 403 g/mol. The molecule has 1 aliphatic rings. The van der Waals surface area contributed by atoms with E-state index in [1.165, 1.54) is 0 Å². The van der Waals surface area contributed by atoms with Gasteiger partial charge in [0, 0.05) is 36.7 Å².